The fourth-order valence-electron chi connectivity index (χ4n) is 6.99. The lowest BCUT2D eigenvalue weighted by molar-refractivity contribution is -0.381. The van der Waals surface area contributed by atoms with Gasteiger partial charge in [0.15, 0.2) is 31.5 Å². The standard InChI is InChI=1S/C30H52O26/c31-1-6-11(35)13(37)18(42)28(51-6)55-23-9(4-34)52-30(20(44)16(23)40)56-24-8(3-33)50-27(47)25(21(24)45)48-5-10-12(36)14(38)19(43)29(53-10)54-22-7(2-32)49-26(46)17(41)15(22)39/h6-47H,1-5H2/t6?,7?,8?,9?,10?,11-,12-,13-,14-,15+,16+,17?,18?,19?,20?,21-,22-,23-,24-,25?,26+,27+,28-,29-,30-/m1/s1. The third-order valence-electron chi connectivity index (χ3n) is 10.3. The molecule has 26 heteroatoms. The lowest BCUT2D eigenvalue weighted by Gasteiger charge is -2.48. The first-order chi connectivity index (χ1) is 26.5. The smallest absolute Gasteiger partial charge is 0.187 e. The van der Waals surface area contributed by atoms with Gasteiger partial charge in [-0.3, -0.25) is 0 Å². The topological polar surface area (TPSA) is 427 Å². The fourth-order valence-corrected chi connectivity index (χ4v) is 6.99. The van der Waals surface area contributed by atoms with Crippen LogP contribution in [0.4, 0.5) is 0 Å². The highest BCUT2D eigenvalue weighted by atomic mass is 16.8. The van der Waals surface area contributed by atoms with E-state index in [1.807, 2.05) is 0 Å². The molecule has 0 saturated carbocycles. The fraction of sp³-hybridized carbons (Fsp3) is 1.00. The van der Waals surface area contributed by atoms with E-state index in [1.165, 1.54) is 0 Å². The number of aliphatic hydroxyl groups is 17. The summed E-state index contributed by atoms with van der Waals surface area (Å²) < 4.78 is 48.9. The maximum atomic E-state index is 11.3. The van der Waals surface area contributed by atoms with Gasteiger partial charge >= 0.3 is 0 Å². The second kappa shape index (κ2) is 19.6. The number of rotatable bonds is 13. The van der Waals surface area contributed by atoms with Gasteiger partial charge in [0.05, 0.1) is 33.0 Å². The van der Waals surface area contributed by atoms with Crippen molar-refractivity contribution in [1.82, 2.24) is 0 Å². The summed E-state index contributed by atoms with van der Waals surface area (Å²) in [5.41, 5.74) is 0. The first-order valence-corrected chi connectivity index (χ1v) is 17.6. The monoisotopic (exact) mass is 828 g/mol. The highest BCUT2D eigenvalue weighted by Crippen LogP contribution is 2.34. The average Bonchev–Trinajstić information content (AvgIpc) is 3.18. The van der Waals surface area contributed by atoms with Crippen LogP contribution in [0.1, 0.15) is 0 Å². The Bertz CT molecular complexity index is 1200. The predicted molar refractivity (Wildman–Crippen MR) is 167 cm³/mol. The maximum Gasteiger partial charge on any atom is 0.187 e. The Morgan fingerprint density at radius 1 is 0.304 bits per heavy atom. The van der Waals surface area contributed by atoms with Gasteiger partial charge in [-0.25, -0.2) is 0 Å². The molecule has 5 fully saturated rings. The Morgan fingerprint density at radius 3 is 1.14 bits per heavy atom. The van der Waals surface area contributed by atoms with Gasteiger partial charge in [0.2, 0.25) is 0 Å². The van der Waals surface area contributed by atoms with Gasteiger partial charge in [0.25, 0.3) is 0 Å². The van der Waals surface area contributed by atoms with Crippen molar-refractivity contribution in [2.75, 3.05) is 33.0 Å². The van der Waals surface area contributed by atoms with Crippen LogP contribution in [0.25, 0.3) is 0 Å². The molecule has 26 nitrogen and oxygen atoms in total. The summed E-state index contributed by atoms with van der Waals surface area (Å²) in [5.74, 6) is 0. The summed E-state index contributed by atoms with van der Waals surface area (Å²) in [6, 6.07) is 0. The normalized spacial score (nSPS) is 53.2. The van der Waals surface area contributed by atoms with Gasteiger partial charge in [-0.1, -0.05) is 0 Å². The molecule has 5 saturated heterocycles. The van der Waals surface area contributed by atoms with Gasteiger partial charge in [0, 0.05) is 0 Å². The van der Waals surface area contributed by atoms with E-state index in [9.17, 15) is 86.8 Å². The molecule has 5 aliphatic heterocycles. The van der Waals surface area contributed by atoms with Crippen LogP contribution in [-0.2, 0) is 42.6 Å². The molecule has 5 rings (SSSR count). The molecule has 0 aromatic heterocycles. The van der Waals surface area contributed by atoms with Crippen LogP contribution in [-0.4, -0.2) is 273 Å². The molecule has 25 atom stereocenters. The lowest BCUT2D eigenvalue weighted by Crippen LogP contribution is -2.67. The van der Waals surface area contributed by atoms with Gasteiger partial charge < -0.3 is 129 Å². The summed E-state index contributed by atoms with van der Waals surface area (Å²) in [6.07, 6.45) is -45.6. The molecular weight excluding hydrogens is 776 g/mol. The molecule has 0 aliphatic carbocycles. The molecule has 0 amide bonds. The van der Waals surface area contributed by atoms with Crippen LogP contribution in [0.15, 0.2) is 0 Å². The highest BCUT2D eigenvalue weighted by Gasteiger charge is 2.55. The van der Waals surface area contributed by atoms with E-state index >= 15 is 0 Å². The SMILES string of the molecule is OCC1O[C@H](O[C@@H]2C(CO)O[C@H](O[C@@H]3C(CO)O[C@H](O)C(OCC4O[C@H](O[C@@H]5C(CO)O[C@H](O)C(O)[C@@H]5O)C(O)[C@H](O)[C@@H]4O)[C@@H]3O)C(O)[C@@H]2O)C(O)[C@H](O)[C@@H]1O. The molecule has 5 aliphatic rings. The second-order valence-electron chi connectivity index (χ2n) is 14.0. The second-order valence-corrected chi connectivity index (χ2v) is 14.0. The van der Waals surface area contributed by atoms with Gasteiger partial charge in [-0.15, -0.1) is 0 Å². The molecule has 10 unspecified atom stereocenters. The molecule has 0 aromatic rings. The van der Waals surface area contributed by atoms with Crippen molar-refractivity contribution in [3.05, 3.63) is 0 Å². The van der Waals surface area contributed by atoms with Crippen LogP contribution >= 0.6 is 0 Å². The van der Waals surface area contributed by atoms with E-state index in [1.54, 1.807) is 0 Å². The molecule has 17 N–H and O–H groups in total. The largest absolute Gasteiger partial charge is 0.394 e. The minimum atomic E-state index is -2.08. The molecule has 328 valence electrons. The van der Waals surface area contributed by atoms with E-state index in [0.29, 0.717) is 0 Å². The van der Waals surface area contributed by atoms with Crippen LogP contribution < -0.4 is 0 Å². The van der Waals surface area contributed by atoms with Gasteiger partial charge in [-0.05, 0) is 0 Å². The first kappa shape index (κ1) is 46.0. The third-order valence-corrected chi connectivity index (χ3v) is 10.3. The zero-order chi connectivity index (χ0) is 41.3. The Hall–Kier alpha value is -1.04. The number of aliphatic hydroxyl groups excluding tert-OH is 17. The lowest BCUT2D eigenvalue weighted by atomic mass is 9.95. The summed E-state index contributed by atoms with van der Waals surface area (Å²) in [5, 5.41) is 175. The number of hydrogen-bond acceptors (Lipinski definition) is 26. The first-order valence-electron chi connectivity index (χ1n) is 17.6. The summed E-state index contributed by atoms with van der Waals surface area (Å²) >= 11 is 0. The van der Waals surface area contributed by atoms with Crippen LogP contribution in [0.2, 0.25) is 0 Å². The molecule has 0 spiro atoms. The molecule has 0 bridgehead atoms. The van der Waals surface area contributed by atoms with E-state index < -0.39 is 187 Å². The zero-order valence-electron chi connectivity index (χ0n) is 29.2. The van der Waals surface area contributed by atoms with Crippen molar-refractivity contribution >= 4 is 0 Å². The molecule has 0 radical (unpaired) electrons. The third kappa shape index (κ3) is 9.31. The van der Waals surface area contributed by atoms with Crippen molar-refractivity contribution < 1.29 is 129 Å². The Balaban J connectivity index is 1.24. The van der Waals surface area contributed by atoms with Crippen molar-refractivity contribution in [2.24, 2.45) is 0 Å². The van der Waals surface area contributed by atoms with Crippen molar-refractivity contribution in [1.29, 1.82) is 0 Å². The molecule has 0 aromatic carbocycles. The van der Waals surface area contributed by atoms with Crippen LogP contribution in [0.3, 0.4) is 0 Å². The van der Waals surface area contributed by atoms with Gasteiger partial charge in [-0.2, -0.15) is 0 Å². The average molecular weight is 829 g/mol. The summed E-state index contributed by atoms with van der Waals surface area (Å²) in [4.78, 5) is 0. The minimum absolute atomic E-state index is 0.812. The van der Waals surface area contributed by atoms with E-state index in [0.717, 1.165) is 0 Å². The van der Waals surface area contributed by atoms with Crippen molar-refractivity contribution in [3.8, 4) is 0 Å². The van der Waals surface area contributed by atoms with Crippen LogP contribution in [0, 0.1) is 0 Å². The minimum Gasteiger partial charge on any atom is -0.394 e. The quantitative estimate of drug-likeness (QED) is 0.0819. The van der Waals surface area contributed by atoms with Gasteiger partial charge in [0.1, 0.15) is 122 Å². The Labute approximate surface area is 316 Å². The maximum absolute atomic E-state index is 11.3. The Morgan fingerprint density at radius 2 is 0.661 bits per heavy atom. The summed E-state index contributed by atoms with van der Waals surface area (Å²) in [7, 11) is 0. The molecule has 5 heterocycles. The van der Waals surface area contributed by atoms with E-state index in [4.69, 9.17) is 42.6 Å². The summed E-state index contributed by atoms with van der Waals surface area (Å²) in [6.45, 7) is -4.33. The molecule has 56 heavy (non-hydrogen) atoms. The predicted octanol–water partition coefficient (Wildman–Crippen LogP) is -11.9. The number of hydrogen-bond donors (Lipinski definition) is 17. The molecular formula is C30H52O26. The highest BCUT2D eigenvalue weighted by molar-refractivity contribution is 4.98. The number of ether oxygens (including phenoxy) is 9. The van der Waals surface area contributed by atoms with Crippen LogP contribution in [0.5, 0.6) is 0 Å². The Kier molecular flexibility index (Phi) is 16.1. The van der Waals surface area contributed by atoms with E-state index in [-0.39, 0.29) is 0 Å². The van der Waals surface area contributed by atoms with E-state index in [2.05, 4.69) is 0 Å². The van der Waals surface area contributed by atoms with Crippen molar-refractivity contribution in [2.45, 2.75) is 154 Å². The van der Waals surface area contributed by atoms with Crippen molar-refractivity contribution in [3.63, 3.8) is 0 Å². The zero-order valence-corrected chi connectivity index (χ0v) is 29.2.